The van der Waals surface area contributed by atoms with Crippen molar-refractivity contribution < 1.29 is 0 Å². The molecule has 8 aromatic rings. The molecule has 0 aliphatic rings. The molecule has 0 unspecified atom stereocenters. The van der Waals surface area contributed by atoms with Crippen LogP contribution in [0.15, 0.2) is 146 Å². The van der Waals surface area contributed by atoms with E-state index in [-0.39, 0.29) is 5.41 Å². The fourth-order valence-corrected chi connectivity index (χ4v) is 6.58. The lowest BCUT2D eigenvalue weighted by Gasteiger charge is -2.20. The number of pyridine rings is 1. The van der Waals surface area contributed by atoms with Crippen LogP contribution in [-0.4, -0.2) is 15.0 Å². The summed E-state index contributed by atoms with van der Waals surface area (Å²) in [5.41, 5.74) is 11.7. The SMILES string of the molecule is CC(C)(C)c1ccc2nc(-c3ccc(-c4c5ccccc5c(-c5cccnc5)c5ccccc45)cc3)c(-c3ccccc3)nc2c1. The number of fused-ring (bicyclic) bond motifs is 3. The molecule has 0 fully saturated rings. The number of aromatic nitrogens is 3. The molecule has 0 aliphatic heterocycles. The van der Waals surface area contributed by atoms with Gasteiger partial charge in [0.15, 0.2) is 0 Å². The first kappa shape index (κ1) is 27.8. The van der Waals surface area contributed by atoms with Gasteiger partial charge in [0.05, 0.1) is 22.4 Å². The van der Waals surface area contributed by atoms with Crippen molar-refractivity contribution in [2.24, 2.45) is 0 Å². The van der Waals surface area contributed by atoms with Gasteiger partial charge in [0.25, 0.3) is 0 Å². The molecule has 0 N–H and O–H groups in total. The minimum absolute atomic E-state index is 0.0296. The normalized spacial score (nSPS) is 11.8. The van der Waals surface area contributed by atoms with Crippen molar-refractivity contribution in [2.45, 2.75) is 26.2 Å². The highest BCUT2D eigenvalue weighted by Crippen LogP contribution is 2.44. The van der Waals surface area contributed by atoms with Gasteiger partial charge in [0, 0.05) is 29.1 Å². The summed E-state index contributed by atoms with van der Waals surface area (Å²) in [7, 11) is 0. The predicted octanol–water partition coefficient (Wildman–Crippen LogP) is 11.3. The van der Waals surface area contributed by atoms with Crippen LogP contribution < -0.4 is 0 Å². The highest BCUT2D eigenvalue weighted by atomic mass is 14.8. The van der Waals surface area contributed by atoms with Crippen LogP contribution in [0.5, 0.6) is 0 Å². The van der Waals surface area contributed by atoms with Crippen LogP contribution in [0.4, 0.5) is 0 Å². The Bertz CT molecular complexity index is 2310. The summed E-state index contributed by atoms with van der Waals surface area (Å²) in [5, 5.41) is 4.88. The zero-order valence-corrected chi connectivity index (χ0v) is 26.2. The van der Waals surface area contributed by atoms with E-state index in [0.717, 1.165) is 39.1 Å². The molecule has 0 aliphatic carbocycles. The Morgan fingerprint density at radius 2 is 0.935 bits per heavy atom. The second-order valence-corrected chi connectivity index (χ2v) is 12.9. The summed E-state index contributed by atoms with van der Waals surface area (Å²) in [6, 6.07) is 47.3. The highest BCUT2D eigenvalue weighted by Gasteiger charge is 2.19. The summed E-state index contributed by atoms with van der Waals surface area (Å²) in [4.78, 5) is 14.9. The summed E-state index contributed by atoms with van der Waals surface area (Å²) in [5.74, 6) is 0. The van der Waals surface area contributed by atoms with Gasteiger partial charge in [-0.1, -0.05) is 136 Å². The van der Waals surface area contributed by atoms with Gasteiger partial charge in [-0.05, 0) is 67.4 Å². The molecule has 2 aromatic heterocycles. The van der Waals surface area contributed by atoms with Gasteiger partial charge in [0.1, 0.15) is 0 Å². The lowest BCUT2D eigenvalue weighted by atomic mass is 9.86. The minimum atomic E-state index is 0.0296. The van der Waals surface area contributed by atoms with E-state index in [4.69, 9.17) is 9.97 Å². The van der Waals surface area contributed by atoms with Crippen molar-refractivity contribution in [3.8, 4) is 44.8 Å². The molecule has 0 saturated carbocycles. The molecular weight excluding hydrogens is 558 g/mol. The number of benzene rings is 6. The molecule has 3 nitrogen and oxygen atoms in total. The van der Waals surface area contributed by atoms with Gasteiger partial charge < -0.3 is 0 Å². The molecule has 0 spiro atoms. The number of hydrogen-bond acceptors (Lipinski definition) is 3. The maximum absolute atomic E-state index is 5.23. The van der Waals surface area contributed by atoms with Crippen molar-refractivity contribution in [1.82, 2.24) is 15.0 Å². The molecule has 46 heavy (non-hydrogen) atoms. The van der Waals surface area contributed by atoms with Crippen LogP contribution >= 0.6 is 0 Å². The molecule has 8 rings (SSSR count). The summed E-state index contributed by atoms with van der Waals surface area (Å²) >= 11 is 0. The van der Waals surface area contributed by atoms with Gasteiger partial charge in [-0.25, -0.2) is 9.97 Å². The van der Waals surface area contributed by atoms with Gasteiger partial charge in [-0.15, -0.1) is 0 Å². The van der Waals surface area contributed by atoms with Crippen molar-refractivity contribution in [3.63, 3.8) is 0 Å². The largest absolute Gasteiger partial charge is 0.264 e. The van der Waals surface area contributed by atoms with Crippen molar-refractivity contribution in [2.75, 3.05) is 0 Å². The second kappa shape index (κ2) is 11.0. The van der Waals surface area contributed by atoms with Gasteiger partial charge in [0.2, 0.25) is 0 Å². The summed E-state index contributed by atoms with van der Waals surface area (Å²) in [6.45, 7) is 6.69. The van der Waals surface area contributed by atoms with E-state index >= 15 is 0 Å². The van der Waals surface area contributed by atoms with Gasteiger partial charge >= 0.3 is 0 Å². The first-order chi connectivity index (χ1) is 22.5. The van der Waals surface area contributed by atoms with Crippen LogP contribution in [0.25, 0.3) is 77.3 Å². The third-order valence-electron chi connectivity index (χ3n) is 8.91. The Morgan fingerprint density at radius 3 is 1.50 bits per heavy atom. The molecule has 3 heteroatoms. The lowest BCUT2D eigenvalue weighted by molar-refractivity contribution is 0.591. The zero-order chi connectivity index (χ0) is 31.3. The van der Waals surface area contributed by atoms with E-state index in [1.807, 2.05) is 24.5 Å². The van der Waals surface area contributed by atoms with E-state index in [1.165, 1.54) is 43.8 Å². The topological polar surface area (TPSA) is 38.7 Å². The number of rotatable bonds is 4. The molecule has 0 amide bonds. The average molecular weight is 592 g/mol. The monoisotopic (exact) mass is 591 g/mol. The molecular formula is C43H33N3. The smallest absolute Gasteiger partial charge is 0.0973 e. The summed E-state index contributed by atoms with van der Waals surface area (Å²) < 4.78 is 0. The number of hydrogen-bond donors (Lipinski definition) is 0. The fourth-order valence-electron chi connectivity index (χ4n) is 6.58. The van der Waals surface area contributed by atoms with Crippen LogP contribution in [-0.2, 0) is 5.41 Å². The van der Waals surface area contributed by atoms with Gasteiger partial charge in [-0.2, -0.15) is 0 Å². The third kappa shape index (κ3) is 4.81. The first-order valence-electron chi connectivity index (χ1n) is 15.8. The first-order valence-corrected chi connectivity index (χ1v) is 15.8. The molecule has 0 saturated heterocycles. The number of nitrogens with zero attached hydrogens (tertiary/aromatic N) is 3. The molecule has 220 valence electrons. The summed E-state index contributed by atoms with van der Waals surface area (Å²) in [6.07, 6.45) is 3.79. The van der Waals surface area contributed by atoms with Crippen molar-refractivity contribution >= 4 is 32.6 Å². The Balaban J connectivity index is 1.32. The average Bonchev–Trinajstić information content (AvgIpc) is 3.10. The Morgan fingerprint density at radius 1 is 0.435 bits per heavy atom. The van der Waals surface area contributed by atoms with E-state index in [0.29, 0.717) is 0 Å². The van der Waals surface area contributed by atoms with Gasteiger partial charge in [-0.3, -0.25) is 4.98 Å². The Hall–Kier alpha value is -5.67. The fraction of sp³-hybridized carbons (Fsp3) is 0.0930. The van der Waals surface area contributed by atoms with Crippen molar-refractivity contribution in [1.29, 1.82) is 0 Å². The van der Waals surface area contributed by atoms with E-state index < -0.39 is 0 Å². The highest BCUT2D eigenvalue weighted by molar-refractivity contribution is 6.21. The Kier molecular flexibility index (Phi) is 6.69. The molecule has 0 bridgehead atoms. The van der Waals surface area contributed by atoms with E-state index in [9.17, 15) is 0 Å². The maximum Gasteiger partial charge on any atom is 0.0973 e. The minimum Gasteiger partial charge on any atom is -0.264 e. The quantitative estimate of drug-likeness (QED) is 0.191. The Labute approximate surface area is 269 Å². The zero-order valence-electron chi connectivity index (χ0n) is 26.2. The molecule has 6 aromatic carbocycles. The van der Waals surface area contributed by atoms with Crippen LogP contribution in [0.2, 0.25) is 0 Å². The molecule has 2 heterocycles. The molecule has 0 radical (unpaired) electrons. The van der Waals surface area contributed by atoms with Crippen LogP contribution in [0.1, 0.15) is 26.3 Å². The lowest BCUT2D eigenvalue weighted by Crippen LogP contribution is -2.11. The van der Waals surface area contributed by atoms with Crippen LogP contribution in [0.3, 0.4) is 0 Å². The predicted molar refractivity (Wildman–Crippen MR) is 193 cm³/mol. The standard InChI is InChI=1S/C43H33N3/c1-43(2,3)32-23-24-37-38(26-32)46-41(29-12-5-4-6-13-29)42(45-37)30-21-19-28(20-22-30)39-33-15-7-9-17-35(33)40(31-14-11-25-44-27-31)36-18-10-8-16-34(36)39/h4-27H,1-3H3. The maximum atomic E-state index is 5.23. The van der Waals surface area contributed by atoms with E-state index in [1.54, 1.807) is 0 Å². The van der Waals surface area contributed by atoms with Crippen molar-refractivity contribution in [3.05, 3.63) is 151 Å². The second-order valence-electron chi connectivity index (χ2n) is 12.9. The third-order valence-corrected chi connectivity index (χ3v) is 8.91. The van der Waals surface area contributed by atoms with E-state index in [2.05, 4.69) is 147 Å². The van der Waals surface area contributed by atoms with Crippen LogP contribution in [0, 0.1) is 0 Å². The molecule has 0 atom stereocenters.